The monoisotopic (exact) mass is 425 g/mol. The minimum Gasteiger partial charge on any atom is -0.391 e. The molecule has 8 nitrogen and oxygen atoms in total. The first-order chi connectivity index (χ1) is 15.2. The zero-order valence-corrected chi connectivity index (χ0v) is 17.8. The van der Waals surface area contributed by atoms with E-state index in [9.17, 15) is 9.90 Å². The number of hydrogen-bond acceptors (Lipinski definition) is 6. The van der Waals surface area contributed by atoms with Crippen LogP contribution in [0.5, 0.6) is 0 Å². The third-order valence-electron chi connectivity index (χ3n) is 7.08. The molecule has 1 aromatic heterocycles. The van der Waals surface area contributed by atoms with Gasteiger partial charge in [0.1, 0.15) is 5.82 Å². The van der Waals surface area contributed by atoms with Crippen molar-refractivity contribution < 1.29 is 14.6 Å². The van der Waals surface area contributed by atoms with Crippen LogP contribution in [0.1, 0.15) is 30.1 Å². The molecule has 2 saturated heterocycles. The molecular weight excluding hydrogens is 394 g/mol. The van der Waals surface area contributed by atoms with Gasteiger partial charge in [0.05, 0.1) is 25.7 Å². The van der Waals surface area contributed by atoms with Gasteiger partial charge in [0.25, 0.3) is 0 Å². The molecular formula is C23H31N5O3. The summed E-state index contributed by atoms with van der Waals surface area (Å²) in [4.78, 5) is 21.8. The van der Waals surface area contributed by atoms with E-state index in [0.717, 1.165) is 63.6 Å². The molecule has 2 aromatic rings. The molecule has 3 fully saturated rings. The molecule has 0 bridgehead atoms. The van der Waals surface area contributed by atoms with Crippen LogP contribution in [0, 0.1) is 11.8 Å². The predicted molar refractivity (Wildman–Crippen MR) is 114 cm³/mol. The van der Waals surface area contributed by atoms with Crippen molar-refractivity contribution in [3.05, 3.63) is 47.5 Å². The summed E-state index contributed by atoms with van der Waals surface area (Å²) in [5.41, 5.74) is 1.16. The zero-order valence-electron chi connectivity index (χ0n) is 17.8. The normalized spacial score (nSPS) is 29.1. The fourth-order valence-corrected chi connectivity index (χ4v) is 5.44. The van der Waals surface area contributed by atoms with Crippen LogP contribution in [0.4, 0.5) is 0 Å². The smallest absolute Gasteiger partial charge is 0.230 e. The van der Waals surface area contributed by atoms with Gasteiger partial charge in [0.15, 0.2) is 5.82 Å². The molecule has 3 heterocycles. The Morgan fingerprint density at radius 1 is 1.13 bits per heavy atom. The van der Waals surface area contributed by atoms with E-state index in [4.69, 9.17) is 4.74 Å². The lowest BCUT2D eigenvalue weighted by Crippen LogP contribution is -2.53. The van der Waals surface area contributed by atoms with Crippen LogP contribution in [0.15, 0.2) is 30.3 Å². The van der Waals surface area contributed by atoms with Crippen molar-refractivity contribution in [1.29, 1.82) is 0 Å². The molecule has 1 aromatic carbocycles. The SMILES string of the molecule is O=C(Cc1n[nH]c(Cc2ccccc2)n1)N1C[C@H]2C[C@@H](N3CCOCC3)[C@H](O)C[C@H]2C1. The van der Waals surface area contributed by atoms with Crippen LogP contribution >= 0.6 is 0 Å². The number of aliphatic hydroxyl groups is 1. The van der Waals surface area contributed by atoms with E-state index in [-0.39, 0.29) is 24.5 Å². The van der Waals surface area contributed by atoms with Gasteiger partial charge in [0.2, 0.25) is 5.91 Å². The van der Waals surface area contributed by atoms with E-state index in [0.29, 0.717) is 24.1 Å². The van der Waals surface area contributed by atoms with Crippen molar-refractivity contribution in [2.75, 3.05) is 39.4 Å². The average Bonchev–Trinajstić information content (AvgIpc) is 3.41. The molecule has 5 rings (SSSR count). The van der Waals surface area contributed by atoms with Crippen LogP contribution in [-0.2, 0) is 22.4 Å². The van der Waals surface area contributed by atoms with Gasteiger partial charge in [-0.2, -0.15) is 5.10 Å². The van der Waals surface area contributed by atoms with E-state index in [2.05, 4.69) is 32.2 Å². The number of fused-ring (bicyclic) bond motifs is 1. The zero-order chi connectivity index (χ0) is 21.2. The summed E-state index contributed by atoms with van der Waals surface area (Å²) in [6, 6.07) is 10.3. The van der Waals surface area contributed by atoms with Gasteiger partial charge in [0, 0.05) is 38.6 Å². The Balaban J connectivity index is 1.16. The third kappa shape index (κ3) is 4.66. The first-order valence-corrected chi connectivity index (χ1v) is 11.4. The number of rotatable bonds is 5. The molecule has 0 spiro atoms. The summed E-state index contributed by atoms with van der Waals surface area (Å²) >= 11 is 0. The summed E-state index contributed by atoms with van der Waals surface area (Å²) in [7, 11) is 0. The number of ether oxygens (including phenoxy) is 1. The Morgan fingerprint density at radius 3 is 2.65 bits per heavy atom. The maximum Gasteiger partial charge on any atom is 0.230 e. The lowest BCUT2D eigenvalue weighted by Gasteiger charge is -2.43. The highest BCUT2D eigenvalue weighted by Crippen LogP contribution is 2.38. The molecule has 4 atom stereocenters. The Labute approximate surface area is 182 Å². The second-order valence-electron chi connectivity index (χ2n) is 9.11. The number of carbonyl (C=O) groups excluding carboxylic acids is 1. The topological polar surface area (TPSA) is 94.6 Å². The number of likely N-dealkylation sites (tertiary alicyclic amines) is 1. The highest BCUT2D eigenvalue weighted by atomic mass is 16.5. The maximum absolute atomic E-state index is 12.9. The van der Waals surface area contributed by atoms with Gasteiger partial charge in [-0.1, -0.05) is 30.3 Å². The van der Waals surface area contributed by atoms with Crippen molar-refractivity contribution in [3.63, 3.8) is 0 Å². The van der Waals surface area contributed by atoms with Gasteiger partial charge >= 0.3 is 0 Å². The lowest BCUT2D eigenvalue weighted by atomic mass is 9.77. The second-order valence-corrected chi connectivity index (χ2v) is 9.11. The molecule has 2 aliphatic heterocycles. The van der Waals surface area contributed by atoms with Crippen molar-refractivity contribution in [2.45, 2.75) is 37.8 Å². The quantitative estimate of drug-likeness (QED) is 0.738. The Bertz CT molecular complexity index is 882. The van der Waals surface area contributed by atoms with E-state index < -0.39 is 0 Å². The summed E-state index contributed by atoms with van der Waals surface area (Å²) in [6.07, 6.45) is 2.31. The van der Waals surface area contributed by atoms with Crippen LogP contribution in [-0.4, -0.2) is 87.5 Å². The number of aliphatic hydroxyl groups excluding tert-OH is 1. The molecule has 1 aliphatic carbocycles. The number of amides is 1. The second kappa shape index (κ2) is 9.06. The number of aromatic nitrogens is 3. The minimum absolute atomic E-state index is 0.0806. The van der Waals surface area contributed by atoms with Gasteiger partial charge in [-0.05, 0) is 30.2 Å². The molecule has 31 heavy (non-hydrogen) atoms. The van der Waals surface area contributed by atoms with Gasteiger partial charge in [-0.25, -0.2) is 4.98 Å². The Morgan fingerprint density at radius 2 is 1.87 bits per heavy atom. The summed E-state index contributed by atoms with van der Waals surface area (Å²) in [5, 5.41) is 18.0. The molecule has 166 valence electrons. The molecule has 2 N–H and O–H groups in total. The predicted octanol–water partition coefficient (Wildman–Crippen LogP) is 0.868. The fraction of sp³-hybridized carbons (Fsp3) is 0.609. The molecule has 1 amide bonds. The van der Waals surface area contributed by atoms with Crippen molar-refractivity contribution in [3.8, 4) is 0 Å². The molecule has 0 radical (unpaired) electrons. The number of aromatic amines is 1. The van der Waals surface area contributed by atoms with E-state index in [1.807, 2.05) is 23.1 Å². The van der Waals surface area contributed by atoms with Crippen molar-refractivity contribution in [2.24, 2.45) is 11.8 Å². The molecule has 3 aliphatic rings. The van der Waals surface area contributed by atoms with E-state index >= 15 is 0 Å². The summed E-state index contributed by atoms with van der Waals surface area (Å²) < 4.78 is 5.46. The molecule has 1 saturated carbocycles. The van der Waals surface area contributed by atoms with Crippen molar-refractivity contribution >= 4 is 5.91 Å². The third-order valence-corrected chi connectivity index (χ3v) is 7.08. The number of nitrogens with one attached hydrogen (secondary N) is 1. The lowest BCUT2D eigenvalue weighted by molar-refractivity contribution is -0.129. The number of hydrogen-bond donors (Lipinski definition) is 2. The molecule has 0 unspecified atom stereocenters. The summed E-state index contributed by atoms with van der Waals surface area (Å²) in [6.45, 7) is 4.77. The van der Waals surface area contributed by atoms with Crippen LogP contribution in [0.25, 0.3) is 0 Å². The number of carbonyl (C=O) groups is 1. The van der Waals surface area contributed by atoms with Crippen LogP contribution in [0.2, 0.25) is 0 Å². The highest BCUT2D eigenvalue weighted by molar-refractivity contribution is 5.78. The van der Waals surface area contributed by atoms with Gasteiger partial charge in [-0.3, -0.25) is 14.8 Å². The minimum atomic E-state index is -0.317. The van der Waals surface area contributed by atoms with Gasteiger partial charge in [-0.15, -0.1) is 0 Å². The summed E-state index contributed by atoms with van der Waals surface area (Å²) in [5.74, 6) is 2.26. The van der Waals surface area contributed by atoms with Crippen LogP contribution in [0.3, 0.4) is 0 Å². The molecule has 8 heteroatoms. The average molecular weight is 426 g/mol. The highest BCUT2D eigenvalue weighted by Gasteiger charge is 2.44. The standard InChI is InChI=1S/C23H31N5O3/c29-20-12-18-15-28(14-17(18)11-19(20)27-6-8-31-9-7-27)23(30)13-22-24-21(25-26-22)10-16-4-2-1-3-5-16/h1-5,17-20,29H,6-15H2,(H,24,25,26)/t17-,18+,19-,20-/m1/s1. The van der Waals surface area contributed by atoms with Crippen molar-refractivity contribution in [1.82, 2.24) is 25.0 Å². The number of nitrogens with zero attached hydrogens (tertiary/aromatic N) is 4. The Hall–Kier alpha value is -2.29. The van der Waals surface area contributed by atoms with Crippen LogP contribution < -0.4 is 0 Å². The van der Waals surface area contributed by atoms with E-state index in [1.54, 1.807) is 0 Å². The fourth-order valence-electron chi connectivity index (χ4n) is 5.44. The van der Waals surface area contributed by atoms with E-state index in [1.165, 1.54) is 0 Å². The number of benzene rings is 1. The largest absolute Gasteiger partial charge is 0.391 e. The first kappa shape index (κ1) is 20.6. The number of H-pyrrole nitrogens is 1. The maximum atomic E-state index is 12.9. The number of morpholine rings is 1. The first-order valence-electron chi connectivity index (χ1n) is 11.4. The van der Waals surface area contributed by atoms with Gasteiger partial charge < -0.3 is 14.7 Å². The Kier molecular flexibility index (Phi) is 6.02.